The normalized spacial score (nSPS) is 12.1. The second kappa shape index (κ2) is 6.97. The van der Waals surface area contributed by atoms with Gasteiger partial charge in [-0.25, -0.2) is 4.39 Å². The molecule has 2 aromatic carbocycles. The molecule has 3 rings (SSSR count). The Balaban J connectivity index is 1.55. The van der Waals surface area contributed by atoms with Crippen LogP contribution in [-0.2, 0) is 11.3 Å². The molecule has 0 fully saturated rings. The highest BCUT2D eigenvalue weighted by atomic mass is 35.5. The highest BCUT2D eigenvalue weighted by molar-refractivity contribution is 6.30. The molecule has 0 aliphatic carbocycles. The van der Waals surface area contributed by atoms with Crippen LogP contribution in [0.4, 0.5) is 4.39 Å². The first kappa shape index (κ1) is 16.4. The first-order valence-electron chi connectivity index (χ1n) is 7.23. The van der Waals surface area contributed by atoms with Gasteiger partial charge in [-0.15, -0.1) is 0 Å². The molecule has 0 atom stereocenters. The molecule has 1 amide bonds. The number of hydrogen-bond donors (Lipinski definition) is 0. The van der Waals surface area contributed by atoms with Crippen molar-refractivity contribution in [2.75, 3.05) is 20.4 Å². The molecule has 2 aromatic rings. The Kier molecular flexibility index (Phi) is 4.76. The van der Waals surface area contributed by atoms with Crippen molar-refractivity contribution in [1.29, 1.82) is 0 Å². The molecule has 24 heavy (non-hydrogen) atoms. The van der Waals surface area contributed by atoms with Gasteiger partial charge in [0.15, 0.2) is 18.1 Å². The highest BCUT2D eigenvalue weighted by Crippen LogP contribution is 2.32. The number of nitrogens with zero attached hydrogens (tertiary/aromatic N) is 1. The Hall–Kier alpha value is -2.47. The number of carbonyl (C=O) groups is 1. The predicted molar refractivity (Wildman–Crippen MR) is 85.9 cm³/mol. The lowest BCUT2D eigenvalue weighted by Crippen LogP contribution is -2.30. The van der Waals surface area contributed by atoms with Crippen molar-refractivity contribution in [3.63, 3.8) is 0 Å². The minimum absolute atomic E-state index is 0.0475. The molecule has 5 nitrogen and oxygen atoms in total. The molecule has 0 bridgehead atoms. The summed E-state index contributed by atoms with van der Waals surface area (Å²) in [7, 11) is 1.67. The number of hydrogen-bond acceptors (Lipinski definition) is 4. The van der Waals surface area contributed by atoms with Gasteiger partial charge in [0.2, 0.25) is 6.79 Å². The van der Waals surface area contributed by atoms with E-state index in [0.29, 0.717) is 23.8 Å². The average molecular weight is 352 g/mol. The fourth-order valence-electron chi connectivity index (χ4n) is 2.22. The van der Waals surface area contributed by atoms with Crippen LogP contribution in [0.15, 0.2) is 36.4 Å². The number of benzene rings is 2. The SMILES string of the molecule is CN(Cc1ccc2c(c1)OCO2)C(=O)COc1ccc(F)c(Cl)c1. The minimum atomic E-state index is -0.532. The Bertz CT molecular complexity index is 768. The molecule has 0 N–H and O–H groups in total. The average Bonchev–Trinajstić information content (AvgIpc) is 3.03. The van der Waals surface area contributed by atoms with Gasteiger partial charge in [0.1, 0.15) is 11.6 Å². The third-order valence-electron chi connectivity index (χ3n) is 3.54. The topological polar surface area (TPSA) is 48.0 Å². The van der Waals surface area contributed by atoms with E-state index in [1.165, 1.54) is 23.1 Å². The van der Waals surface area contributed by atoms with E-state index in [2.05, 4.69) is 0 Å². The third kappa shape index (κ3) is 3.71. The quantitative estimate of drug-likeness (QED) is 0.829. The summed E-state index contributed by atoms with van der Waals surface area (Å²) in [6.07, 6.45) is 0. The standard InChI is InChI=1S/C17H15ClFNO4/c1-20(8-11-2-5-15-16(6-11)24-10-23-15)17(21)9-22-12-3-4-14(19)13(18)7-12/h2-7H,8-10H2,1H3. The molecule has 0 radical (unpaired) electrons. The molecule has 0 saturated carbocycles. The highest BCUT2D eigenvalue weighted by Gasteiger charge is 2.16. The number of ether oxygens (including phenoxy) is 3. The first-order chi connectivity index (χ1) is 11.5. The largest absolute Gasteiger partial charge is 0.484 e. The van der Waals surface area contributed by atoms with Gasteiger partial charge in [-0.05, 0) is 29.8 Å². The van der Waals surface area contributed by atoms with Gasteiger partial charge in [-0.3, -0.25) is 4.79 Å². The lowest BCUT2D eigenvalue weighted by molar-refractivity contribution is -0.132. The van der Waals surface area contributed by atoms with Crippen molar-refractivity contribution < 1.29 is 23.4 Å². The fourth-order valence-corrected chi connectivity index (χ4v) is 2.39. The number of fused-ring (bicyclic) bond motifs is 1. The van der Waals surface area contributed by atoms with E-state index in [1.54, 1.807) is 7.05 Å². The maximum Gasteiger partial charge on any atom is 0.260 e. The van der Waals surface area contributed by atoms with Gasteiger partial charge in [0, 0.05) is 19.7 Å². The monoisotopic (exact) mass is 351 g/mol. The van der Waals surface area contributed by atoms with Gasteiger partial charge < -0.3 is 19.1 Å². The van der Waals surface area contributed by atoms with Gasteiger partial charge >= 0.3 is 0 Å². The molecular weight excluding hydrogens is 337 g/mol. The van der Waals surface area contributed by atoms with Crippen LogP contribution in [0, 0.1) is 5.82 Å². The Morgan fingerprint density at radius 2 is 2.04 bits per heavy atom. The Morgan fingerprint density at radius 3 is 2.83 bits per heavy atom. The summed E-state index contributed by atoms with van der Waals surface area (Å²) in [6.45, 7) is 0.452. The van der Waals surface area contributed by atoms with E-state index in [4.69, 9.17) is 25.8 Å². The zero-order chi connectivity index (χ0) is 17.1. The van der Waals surface area contributed by atoms with Crippen molar-refractivity contribution in [3.05, 3.63) is 52.8 Å². The number of halogens is 2. The van der Waals surface area contributed by atoms with Crippen LogP contribution < -0.4 is 14.2 Å². The number of carbonyl (C=O) groups excluding carboxylic acids is 1. The minimum Gasteiger partial charge on any atom is -0.484 e. The summed E-state index contributed by atoms with van der Waals surface area (Å²) in [5, 5.41) is -0.0475. The summed E-state index contributed by atoms with van der Waals surface area (Å²) in [5.41, 5.74) is 0.917. The molecule has 1 aliphatic heterocycles. The van der Waals surface area contributed by atoms with Crippen LogP contribution in [0.1, 0.15) is 5.56 Å². The van der Waals surface area contributed by atoms with Crippen LogP contribution in [0.2, 0.25) is 5.02 Å². The molecule has 0 spiro atoms. The second-order valence-electron chi connectivity index (χ2n) is 5.30. The predicted octanol–water partition coefficient (Wildman–Crippen LogP) is 3.25. The maximum absolute atomic E-state index is 13.1. The van der Waals surface area contributed by atoms with E-state index in [1.807, 2.05) is 18.2 Å². The summed E-state index contributed by atoms with van der Waals surface area (Å²) >= 11 is 5.67. The molecule has 1 aliphatic rings. The molecular formula is C17H15ClFNO4. The van der Waals surface area contributed by atoms with Crippen LogP contribution in [0.5, 0.6) is 17.2 Å². The smallest absolute Gasteiger partial charge is 0.260 e. The van der Waals surface area contributed by atoms with Crippen molar-refractivity contribution in [2.45, 2.75) is 6.54 Å². The molecule has 0 saturated heterocycles. The molecule has 126 valence electrons. The van der Waals surface area contributed by atoms with Gasteiger partial charge in [0.25, 0.3) is 5.91 Å². The lowest BCUT2D eigenvalue weighted by atomic mass is 10.2. The van der Waals surface area contributed by atoms with Crippen LogP contribution in [-0.4, -0.2) is 31.3 Å². The zero-order valence-electron chi connectivity index (χ0n) is 12.9. The molecule has 0 unspecified atom stereocenters. The van der Waals surface area contributed by atoms with Gasteiger partial charge in [-0.2, -0.15) is 0 Å². The van der Waals surface area contributed by atoms with Crippen LogP contribution in [0.25, 0.3) is 0 Å². The van der Waals surface area contributed by atoms with Crippen LogP contribution in [0.3, 0.4) is 0 Å². The van der Waals surface area contributed by atoms with Crippen molar-refractivity contribution in [3.8, 4) is 17.2 Å². The van der Waals surface area contributed by atoms with Gasteiger partial charge in [-0.1, -0.05) is 17.7 Å². The summed E-state index contributed by atoms with van der Waals surface area (Å²) < 4.78 is 29.0. The van der Waals surface area contributed by atoms with Crippen molar-refractivity contribution in [1.82, 2.24) is 4.90 Å². The second-order valence-corrected chi connectivity index (χ2v) is 5.71. The molecule has 1 heterocycles. The zero-order valence-corrected chi connectivity index (χ0v) is 13.7. The van der Waals surface area contributed by atoms with E-state index in [9.17, 15) is 9.18 Å². The summed E-state index contributed by atoms with van der Waals surface area (Å²) in [6, 6.07) is 9.48. The number of likely N-dealkylation sites (N-methyl/N-ethyl adjacent to an activating group) is 1. The van der Waals surface area contributed by atoms with E-state index in [-0.39, 0.29) is 24.3 Å². The molecule has 0 aromatic heterocycles. The van der Waals surface area contributed by atoms with Crippen molar-refractivity contribution in [2.24, 2.45) is 0 Å². The first-order valence-corrected chi connectivity index (χ1v) is 7.61. The summed E-state index contributed by atoms with van der Waals surface area (Å²) in [5.74, 6) is 0.962. The third-order valence-corrected chi connectivity index (χ3v) is 3.83. The number of rotatable bonds is 5. The van der Waals surface area contributed by atoms with Gasteiger partial charge in [0.05, 0.1) is 5.02 Å². The Morgan fingerprint density at radius 1 is 1.25 bits per heavy atom. The van der Waals surface area contributed by atoms with E-state index < -0.39 is 5.82 Å². The maximum atomic E-state index is 13.1. The number of amides is 1. The van der Waals surface area contributed by atoms with Crippen LogP contribution >= 0.6 is 11.6 Å². The lowest BCUT2D eigenvalue weighted by Gasteiger charge is -2.18. The fraction of sp³-hybridized carbons (Fsp3) is 0.235. The van der Waals surface area contributed by atoms with E-state index >= 15 is 0 Å². The Labute approximate surface area is 143 Å². The summed E-state index contributed by atoms with van der Waals surface area (Å²) in [4.78, 5) is 13.7. The van der Waals surface area contributed by atoms with E-state index in [0.717, 1.165) is 5.56 Å². The molecule has 7 heteroatoms. The van der Waals surface area contributed by atoms with Crippen molar-refractivity contribution >= 4 is 17.5 Å².